The van der Waals surface area contributed by atoms with Crippen molar-refractivity contribution in [3.8, 4) is 17.2 Å². The van der Waals surface area contributed by atoms with E-state index in [1.165, 1.54) is 18.2 Å². The third kappa shape index (κ3) is 5.56. The number of aliphatic hydroxyl groups excluding tert-OH is 1. The van der Waals surface area contributed by atoms with E-state index in [9.17, 15) is 19.4 Å². The first-order valence-electron chi connectivity index (χ1n) is 12.6. The number of piperidine rings is 2. The summed E-state index contributed by atoms with van der Waals surface area (Å²) in [5, 5.41) is 21.3. The number of likely N-dealkylation sites (tertiary alicyclic amines) is 2. The lowest BCUT2D eigenvalue weighted by Gasteiger charge is -2.39. The summed E-state index contributed by atoms with van der Waals surface area (Å²) in [6.07, 6.45) is 1.55. The lowest BCUT2D eigenvalue weighted by molar-refractivity contribution is -0.00203. The molecule has 2 aromatic carbocycles. The summed E-state index contributed by atoms with van der Waals surface area (Å²) in [4.78, 5) is 16.8. The van der Waals surface area contributed by atoms with Crippen molar-refractivity contribution in [2.45, 2.75) is 50.0 Å². The van der Waals surface area contributed by atoms with Gasteiger partial charge in [-0.3, -0.25) is 4.79 Å². The quantitative estimate of drug-likeness (QED) is 0.605. The van der Waals surface area contributed by atoms with Crippen molar-refractivity contribution in [2.75, 3.05) is 39.3 Å². The van der Waals surface area contributed by atoms with Crippen LogP contribution in [0.15, 0.2) is 36.4 Å². The molecule has 0 unspecified atom stereocenters. The van der Waals surface area contributed by atoms with E-state index >= 15 is 0 Å². The number of benzene rings is 2. The van der Waals surface area contributed by atoms with Crippen LogP contribution in [0.5, 0.6) is 17.2 Å². The largest absolute Gasteiger partial charge is 0.508 e. The van der Waals surface area contributed by atoms with E-state index < -0.39 is 12.3 Å². The van der Waals surface area contributed by atoms with Crippen molar-refractivity contribution >= 4 is 17.5 Å². The van der Waals surface area contributed by atoms with Gasteiger partial charge < -0.3 is 29.5 Å². The summed E-state index contributed by atoms with van der Waals surface area (Å²) in [6, 6.07) is 10.1. The Kier molecular flexibility index (Phi) is 7.28. The summed E-state index contributed by atoms with van der Waals surface area (Å²) >= 11 is 6.13. The van der Waals surface area contributed by atoms with Gasteiger partial charge >= 0.3 is 0 Å². The SMILES string of the molecule is O=C(c1ccc(O)cc1OC[C@H](O)CN1CCC2(CC1)Cc1cc(Cl)ccc1O2)N1CCC(F)CC1. The van der Waals surface area contributed by atoms with Gasteiger partial charge in [-0.15, -0.1) is 0 Å². The Morgan fingerprint density at radius 1 is 1.17 bits per heavy atom. The molecule has 3 heterocycles. The number of hydrogen-bond donors (Lipinski definition) is 2. The number of amides is 1. The van der Waals surface area contributed by atoms with Gasteiger partial charge in [0.2, 0.25) is 0 Å². The van der Waals surface area contributed by atoms with Crippen molar-refractivity contribution in [3.05, 3.63) is 52.5 Å². The average molecular weight is 519 g/mol. The molecule has 5 rings (SSSR count). The molecule has 3 aliphatic heterocycles. The van der Waals surface area contributed by atoms with Gasteiger partial charge in [0.1, 0.15) is 41.7 Å². The van der Waals surface area contributed by atoms with E-state index in [0.29, 0.717) is 38.0 Å². The van der Waals surface area contributed by atoms with Crippen molar-refractivity contribution < 1.29 is 28.9 Å². The van der Waals surface area contributed by atoms with Crippen LogP contribution in [0, 0.1) is 0 Å². The zero-order chi connectivity index (χ0) is 25.3. The first kappa shape index (κ1) is 25.1. The number of halogens is 2. The fraction of sp³-hybridized carbons (Fsp3) is 0.519. The second-order valence-electron chi connectivity index (χ2n) is 10.1. The van der Waals surface area contributed by atoms with Crippen molar-refractivity contribution in [1.29, 1.82) is 0 Å². The van der Waals surface area contributed by atoms with E-state index in [4.69, 9.17) is 21.1 Å². The summed E-state index contributed by atoms with van der Waals surface area (Å²) in [5.74, 6) is 0.840. The van der Waals surface area contributed by atoms with E-state index in [1.54, 1.807) is 4.90 Å². The molecule has 0 saturated carbocycles. The van der Waals surface area contributed by atoms with Gasteiger partial charge in [0.05, 0.1) is 5.56 Å². The highest BCUT2D eigenvalue weighted by Gasteiger charge is 2.42. The number of rotatable bonds is 6. The molecule has 194 valence electrons. The van der Waals surface area contributed by atoms with Crippen molar-refractivity contribution in [2.24, 2.45) is 0 Å². The zero-order valence-electron chi connectivity index (χ0n) is 20.2. The number of aromatic hydroxyl groups is 1. The van der Waals surface area contributed by atoms with Gasteiger partial charge in [-0.05, 0) is 48.7 Å². The lowest BCUT2D eigenvalue weighted by atomic mass is 9.87. The zero-order valence-corrected chi connectivity index (χ0v) is 20.9. The molecule has 1 atom stereocenters. The number of hydrogen-bond acceptors (Lipinski definition) is 6. The maximum Gasteiger partial charge on any atom is 0.257 e. The Morgan fingerprint density at radius 3 is 2.67 bits per heavy atom. The maximum absolute atomic E-state index is 13.5. The van der Waals surface area contributed by atoms with Gasteiger partial charge in [-0.25, -0.2) is 4.39 Å². The molecular weight excluding hydrogens is 487 g/mol. The van der Waals surface area contributed by atoms with Crippen LogP contribution in [-0.4, -0.2) is 83.1 Å². The molecule has 2 fully saturated rings. The standard InChI is InChI=1S/C27H32ClFN2O5/c28-19-1-4-24-18(13-19)15-27(36-24)7-11-30(12-8-27)16-22(33)17-35-25-14-21(32)2-3-23(25)26(34)31-9-5-20(29)6-10-31/h1-4,13-14,20,22,32-33H,5-12,15-17H2/t22-/m1/s1. The Labute approximate surface area is 215 Å². The summed E-state index contributed by atoms with van der Waals surface area (Å²) in [5.41, 5.74) is 1.24. The number of carbonyl (C=O) groups is 1. The Balaban J connectivity index is 1.13. The third-order valence-electron chi connectivity index (χ3n) is 7.44. The molecule has 36 heavy (non-hydrogen) atoms. The minimum atomic E-state index is -0.876. The Bertz CT molecular complexity index is 1100. The average Bonchev–Trinajstić information content (AvgIpc) is 3.21. The molecule has 2 saturated heterocycles. The molecule has 0 aromatic heterocycles. The van der Waals surface area contributed by atoms with Gasteiger partial charge in [0.15, 0.2) is 0 Å². The highest BCUT2D eigenvalue weighted by atomic mass is 35.5. The van der Waals surface area contributed by atoms with Gasteiger partial charge in [-0.1, -0.05) is 11.6 Å². The normalized spacial score (nSPS) is 20.7. The number of fused-ring (bicyclic) bond motifs is 1. The Morgan fingerprint density at radius 2 is 1.92 bits per heavy atom. The van der Waals surface area contributed by atoms with Gasteiger partial charge in [0, 0.05) is 63.1 Å². The van der Waals surface area contributed by atoms with Crippen molar-refractivity contribution in [3.63, 3.8) is 0 Å². The highest BCUT2D eigenvalue weighted by Crippen LogP contribution is 2.42. The number of carbonyl (C=O) groups excluding carboxylic acids is 1. The van der Waals surface area contributed by atoms with Crippen LogP contribution in [0.25, 0.3) is 0 Å². The highest BCUT2D eigenvalue weighted by molar-refractivity contribution is 6.30. The van der Waals surface area contributed by atoms with Gasteiger partial charge in [0.25, 0.3) is 5.91 Å². The van der Waals surface area contributed by atoms with Crippen LogP contribution >= 0.6 is 11.6 Å². The second-order valence-corrected chi connectivity index (χ2v) is 10.6. The predicted octanol–water partition coefficient (Wildman–Crippen LogP) is 3.83. The van der Waals surface area contributed by atoms with Crippen LogP contribution in [0.2, 0.25) is 5.02 Å². The topological polar surface area (TPSA) is 82.5 Å². The van der Waals surface area contributed by atoms with Crippen molar-refractivity contribution in [1.82, 2.24) is 9.80 Å². The number of alkyl halides is 1. The monoisotopic (exact) mass is 518 g/mol. The predicted molar refractivity (Wildman–Crippen MR) is 134 cm³/mol. The molecule has 0 bridgehead atoms. The molecule has 1 amide bonds. The maximum atomic E-state index is 13.5. The smallest absolute Gasteiger partial charge is 0.257 e. The van der Waals surface area contributed by atoms with Crippen LogP contribution in [0.1, 0.15) is 41.6 Å². The number of β-amino-alcohol motifs (C(OH)–C–C–N with tert-alkyl or cyclic N) is 1. The first-order chi connectivity index (χ1) is 17.3. The van der Waals surface area contributed by atoms with E-state index in [2.05, 4.69) is 4.90 Å². The van der Waals surface area contributed by atoms with E-state index in [0.717, 1.165) is 48.7 Å². The third-order valence-corrected chi connectivity index (χ3v) is 7.67. The fourth-order valence-electron chi connectivity index (χ4n) is 5.39. The number of phenols is 1. The van der Waals surface area contributed by atoms with Crippen LogP contribution < -0.4 is 9.47 Å². The minimum Gasteiger partial charge on any atom is -0.508 e. The lowest BCUT2D eigenvalue weighted by Crippen LogP contribution is -2.49. The summed E-state index contributed by atoms with van der Waals surface area (Å²) in [6.45, 7) is 2.69. The van der Waals surface area contributed by atoms with Crippen LogP contribution in [0.3, 0.4) is 0 Å². The summed E-state index contributed by atoms with van der Waals surface area (Å²) < 4.78 is 25.6. The second kappa shape index (κ2) is 10.4. The molecule has 7 nitrogen and oxygen atoms in total. The Hall–Kier alpha value is -2.55. The van der Waals surface area contributed by atoms with Gasteiger partial charge in [-0.2, -0.15) is 0 Å². The fourth-order valence-corrected chi connectivity index (χ4v) is 5.58. The number of phenolic OH excluding ortho intramolecular Hbond substituents is 1. The molecular formula is C27H32ClFN2O5. The molecule has 2 N–H and O–H groups in total. The number of aliphatic hydroxyl groups is 1. The molecule has 1 spiro atoms. The molecule has 2 aromatic rings. The molecule has 0 aliphatic carbocycles. The van der Waals surface area contributed by atoms with Crippen LogP contribution in [-0.2, 0) is 6.42 Å². The summed E-state index contributed by atoms with van der Waals surface area (Å²) in [7, 11) is 0. The molecule has 3 aliphatic rings. The first-order valence-corrected chi connectivity index (χ1v) is 13.0. The molecule has 0 radical (unpaired) electrons. The number of nitrogens with zero attached hydrogens (tertiary/aromatic N) is 2. The van der Waals surface area contributed by atoms with E-state index in [1.807, 2.05) is 18.2 Å². The molecule has 9 heteroatoms. The number of ether oxygens (including phenoxy) is 2. The van der Waals surface area contributed by atoms with Crippen LogP contribution in [0.4, 0.5) is 4.39 Å². The van der Waals surface area contributed by atoms with E-state index in [-0.39, 0.29) is 29.6 Å². The minimum absolute atomic E-state index is 0.0155.